The molecular formula is C13H10F3N3O4S. The average Bonchev–Trinajstić information content (AvgIpc) is 3.23. The molecule has 0 fully saturated rings. The molecule has 0 saturated heterocycles. The van der Waals surface area contributed by atoms with Crippen LogP contribution in [-0.2, 0) is 22.7 Å². The molecule has 0 amide bonds. The van der Waals surface area contributed by atoms with Crippen molar-refractivity contribution in [2.45, 2.75) is 17.8 Å². The lowest BCUT2D eigenvalue weighted by Crippen LogP contribution is -2.22. The van der Waals surface area contributed by atoms with Crippen LogP contribution in [0, 0.1) is 0 Å². The van der Waals surface area contributed by atoms with Crippen LogP contribution in [0.15, 0.2) is 50.7 Å². The van der Waals surface area contributed by atoms with Crippen molar-refractivity contribution in [3.05, 3.63) is 48.0 Å². The first kappa shape index (κ1) is 16.3. The Kier molecular flexibility index (Phi) is 3.97. The van der Waals surface area contributed by atoms with Crippen molar-refractivity contribution in [2.75, 3.05) is 0 Å². The zero-order valence-electron chi connectivity index (χ0n) is 11.8. The number of furan rings is 2. The van der Waals surface area contributed by atoms with Crippen LogP contribution in [-0.4, -0.2) is 18.6 Å². The summed E-state index contributed by atoms with van der Waals surface area (Å²) in [5, 5.41) is 4.86. The highest BCUT2D eigenvalue weighted by molar-refractivity contribution is 7.89. The molecule has 11 heteroatoms. The van der Waals surface area contributed by atoms with Crippen LogP contribution >= 0.6 is 0 Å². The number of rotatable bonds is 5. The zero-order valence-corrected chi connectivity index (χ0v) is 12.6. The summed E-state index contributed by atoms with van der Waals surface area (Å²) in [7, 11) is -3.96. The Hall–Kier alpha value is -2.53. The summed E-state index contributed by atoms with van der Waals surface area (Å²) in [5.41, 5.74) is -0.609. The van der Waals surface area contributed by atoms with E-state index in [1.165, 1.54) is 18.6 Å². The fraction of sp³-hybridized carbons (Fsp3) is 0.154. The van der Waals surface area contributed by atoms with Gasteiger partial charge in [0.25, 0.3) is 10.0 Å². The van der Waals surface area contributed by atoms with Gasteiger partial charge in [0.2, 0.25) is 5.09 Å². The average molecular weight is 361 g/mol. The third-order valence-electron chi connectivity index (χ3n) is 3.03. The van der Waals surface area contributed by atoms with Crippen molar-refractivity contribution in [2.24, 2.45) is 0 Å². The van der Waals surface area contributed by atoms with E-state index in [-0.39, 0.29) is 18.0 Å². The summed E-state index contributed by atoms with van der Waals surface area (Å²) in [6, 6.07) is 4.67. The molecular weight excluding hydrogens is 351 g/mol. The Bertz CT molecular complexity index is 926. The summed E-state index contributed by atoms with van der Waals surface area (Å²) in [6.07, 6.45) is -1.82. The minimum Gasteiger partial charge on any atom is -0.472 e. The first-order chi connectivity index (χ1) is 11.3. The van der Waals surface area contributed by atoms with Gasteiger partial charge in [-0.15, -0.1) is 0 Å². The molecule has 0 aliphatic carbocycles. The van der Waals surface area contributed by atoms with Gasteiger partial charge in [-0.05, 0) is 24.3 Å². The van der Waals surface area contributed by atoms with Crippen LogP contribution in [0.5, 0.6) is 0 Å². The van der Waals surface area contributed by atoms with E-state index in [1.807, 2.05) is 5.10 Å². The smallest absolute Gasteiger partial charge is 0.432 e. The second-order valence-electron chi connectivity index (χ2n) is 4.74. The van der Waals surface area contributed by atoms with Gasteiger partial charge in [-0.3, -0.25) is 5.10 Å². The van der Waals surface area contributed by atoms with Gasteiger partial charge in [0.1, 0.15) is 11.4 Å². The quantitative estimate of drug-likeness (QED) is 0.728. The topological polar surface area (TPSA) is 101 Å². The lowest BCUT2D eigenvalue weighted by Gasteiger charge is -2.02. The molecule has 3 heterocycles. The molecule has 7 nitrogen and oxygen atoms in total. The van der Waals surface area contributed by atoms with Crippen molar-refractivity contribution >= 4 is 10.0 Å². The highest BCUT2D eigenvalue weighted by Gasteiger charge is 2.33. The van der Waals surface area contributed by atoms with Crippen molar-refractivity contribution < 1.29 is 30.4 Å². The van der Waals surface area contributed by atoms with Gasteiger partial charge < -0.3 is 8.83 Å². The summed E-state index contributed by atoms with van der Waals surface area (Å²) in [5.74, 6) is -0.106. The standard InChI is InChI=1S/C13H10F3N3O4S/c14-13(15,16)11-5-9(18-19-11)10-1-2-12(23-10)24(20,21)17-6-8-3-4-22-7-8/h1-5,7,17H,6H2,(H,18,19). The predicted molar refractivity (Wildman–Crippen MR) is 74.0 cm³/mol. The van der Waals surface area contributed by atoms with Gasteiger partial charge in [0.05, 0.1) is 12.5 Å². The summed E-state index contributed by atoms with van der Waals surface area (Å²) < 4.78 is 74.0. The van der Waals surface area contributed by atoms with Crippen LogP contribution in [0.4, 0.5) is 13.2 Å². The maximum atomic E-state index is 12.5. The van der Waals surface area contributed by atoms with E-state index in [0.29, 0.717) is 5.56 Å². The van der Waals surface area contributed by atoms with E-state index in [1.54, 1.807) is 6.07 Å². The number of hydrogen-bond donors (Lipinski definition) is 2. The van der Waals surface area contributed by atoms with Crippen LogP contribution < -0.4 is 4.72 Å². The molecule has 2 N–H and O–H groups in total. The maximum absolute atomic E-state index is 12.5. The Morgan fingerprint density at radius 2 is 2.04 bits per heavy atom. The summed E-state index contributed by atoms with van der Waals surface area (Å²) in [6.45, 7) is -0.0184. The first-order valence-electron chi connectivity index (χ1n) is 6.49. The molecule has 0 aliphatic rings. The second-order valence-corrected chi connectivity index (χ2v) is 6.44. The largest absolute Gasteiger partial charge is 0.472 e. The predicted octanol–water partition coefficient (Wildman–Crippen LogP) is 2.76. The first-order valence-corrected chi connectivity index (χ1v) is 7.97. The summed E-state index contributed by atoms with van der Waals surface area (Å²) in [4.78, 5) is 0. The van der Waals surface area contributed by atoms with Crippen molar-refractivity contribution in [1.29, 1.82) is 0 Å². The fourth-order valence-corrected chi connectivity index (χ4v) is 2.78. The third kappa shape index (κ3) is 3.36. The van der Waals surface area contributed by atoms with Gasteiger partial charge in [-0.25, -0.2) is 13.1 Å². The monoisotopic (exact) mass is 361 g/mol. The molecule has 0 radical (unpaired) electrons. The highest BCUT2D eigenvalue weighted by Crippen LogP contribution is 2.31. The lowest BCUT2D eigenvalue weighted by atomic mass is 10.3. The molecule has 0 aromatic carbocycles. The molecule has 0 unspecified atom stereocenters. The Labute approximate surface area is 133 Å². The Morgan fingerprint density at radius 3 is 2.67 bits per heavy atom. The molecule has 128 valence electrons. The SMILES string of the molecule is O=S(=O)(NCc1ccoc1)c1ccc(-c2cc(C(F)(F)F)[nH]n2)o1. The molecule has 3 aromatic rings. The van der Waals surface area contributed by atoms with E-state index < -0.39 is 27.0 Å². The second kappa shape index (κ2) is 5.83. The molecule has 0 saturated carbocycles. The van der Waals surface area contributed by atoms with Crippen LogP contribution in [0.1, 0.15) is 11.3 Å². The molecule has 0 bridgehead atoms. The number of alkyl halides is 3. The summed E-state index contributed by atoms with van der Waals surface area (Å²) >= 11 is 0. The molecule has 0 aliphatic heterocycles. The van der Waals surface area contributed by atoms with E-state index in [9.17, 15) is 21.6 Å². The number of nitrogens with zero attached hydrogens (tertiary/aromatic N) is 1. The van der Waals surface area contributed by atoms with Gasteiger partial charge in [0, 0.05) is 12.1 Å². The fourth-order valence-electron chi connectivity index (χ4n) is 1.84. The minimum atomic E-state index is -4.58. The number of aromatic nitrogens is 2. The number of nitrogens with one attached hydrogen (secondary N) is 2. The van der Waals surface area contributed by atoms with E-state index in [4.69, 9.17) is 8.83 Å². The van der Waals surface area contributed by atoms with Gasteiger partial charge in [-0.1, -0.05) is 0 Å². The maximum Gasteiger partial charge on any atom is 0.432 e. The van der Waals surface area contributed by atoms with E-state index in [0.717, 1.165) is 12.1 Å². The number of sulfonamides is 1. The van der Waals surface area contributed by atoms with Crippen molar-refractivity contribution in [3.63, 3.8) is 0 Å². The van der Waals surface area contributed by atoms with Crippen molar-refractivity contribution in [1.82, 2.24) is 14.9 Å². The Morgan fingerprint density at radius 1 is 1.25 bits per heavy atom. The van der Waals surface area contributed by atoms with E-state index in [2.05, 4.69) is 9.82 Å². The van der Waals surface area contributed by atoms with Gasteiger partial charge in [-0.2, -0.15) is 18.3 Å². The van der Waals surface area contributed by atoms with Crippen LogP contribution in [0.2, 0.25) is 0 Å². The van der Waals surface area contributed by atoms with Crippen LogP contribution in [0.3, 0.4) is 0 Å². The molecule has 3 rings (SSSR count). The number of aromatic amines is 1. The molecule has 24 heavy (non-hydrogen) atoms. The molecule has 0 spiro atoms. The Balaban J connectivity index is 1.78. The van der Waals surface area contributed by atoms with Gasteiger partial charge in [0.15, 0.2) is 5.76 Å². The highest BCUT2D eigenvalue weighted by atomic mass is 32.2. The van der Waals surface area contributed by atoms with Crippen molar-refractivity contribution in [3.8, 4) is 11.5 Å². The third-order valence-corrected chi connectivity index (χ3v) is 4.30. The molecule has 0 atom stereocenters. The van der Waals surface area contributed by atoms with Gasteiger partial charge >= 0.3 is 6.18 Å². The minimum absolute atomic E-state index is 0.0184. The lowest BCUT2D eigenvalue weighted by molar-refractivity contribution is -0.141. The number of hydrogen-bond acceptors (Lipinski definition) is 5. The van der Waals surface area contributed by atoms with E-state index >= 15 is 0 Å². The normalized spacial score (nSPS) is 12.6. The number of halogens is 3. The number of H-pyrrole nitrogens is 1. The van der Waals surface area contributed by atoms with Crippen LogP contribution in [0.25, 0.3) is 11.5 Å². The molecule has 3 aromatic heterocycles. The zero-order chi connectivity index (χ0) is 17.4.